The van der Waals surface area contributed by atoms with Gasteiger partial charge in [-0.3, -0.25) is 19.4 Å². The van der Waals surface area contributed by atoms with Crippen molar-refractivity contribution in [2.45, 2.75) is 50.2 Å². The Kier molecular flexibility index (Phi) is 6.76. The third kappa shape index (κ3) is 4.24. The van der Waals surface area contributed by atoms with E-state index in [0.717, 1.165) is 32.5 Å². The van der Waals surface area contributed by atoms with Crippen LogP contribution in [0.25, 0.3) is 0 Å². The molecule has 3 aliphatic heterocycles. The number of hydrogen-bond acceptors (Lipinski definition) is 7. The molecule has 8 nitrogen and oxygen atoms in total. The van der Waals surface area contributed by atoms with E-state index in [1.807, 2.05) is 24.3 Å². The van der Waals surface area contributed by atoms with Crippen molar-refractivity contribution in [1.29, 1.82) is 0 Å². The lowest BCUT2D eigenvalue weighted by Gasteiger charge is -2.44. The van der Waals surface area contributed by atoms with E-state index in [1.165, 1.54) is 10.5 Å². The number of likely N-dealkylation sites (tertiary alicyclic amines) is 2. The predicted molar refractivity (Wildman–Crippen MR) is 139 cm³/mol. The van der Waals surface area contributed by atoms with Gasteiger partial charge in [-0.25, -0.2) is 0 Å². The van der Waals surface area contributed by atoms with E-state index >= 15 is 0 Å². The number of phenolic OH excluding ortho intramolecular Hbond substituents is 1. The highest BCUT2D eigenvalue weighted by Gasteiger charge is 2.67. The van der Waals surface area contributed by atoms with Gasteiger partial charge in [0.2, 0.25) is 11.8 Å². The highest BCUT2D eigenvalue weighted by Crippen LogP contribution is 2.59. The van der Waals surface area contributed by atoms with Gasteiger partial charge in [-0.15, -0.1) is 0 Å². The summed E-state index contributed by atoms with van der Waals surface area (Å²) in [6.45, 7) is 2.73. The number of methoxy groups -OCH3 is 1. The van der Waals surface area contributed by atoms with E-state index in [2.05, 4.69) is 17.0 Å². The molecule has 1 aliphatic carbocycles. The first kappa shape index (κ1) is 25.5. The molecule has 0 bridgehead atoms. The number of aromatic hydroxyl groups is 1. The number of benzene rings is 2. The fourth-order valence-corrected chi connectivity index (χ4v) is 7.39. The Morgan fingerprint density at radius 2 is 1.71 bits per heavy atom. The van der Waals surface area contributed by atoms with Gasteiger partial charge in [0.05, 0.1) is 24.5 Å². The molecular formula is C30H36N2O6. The Morgan fingerprint density at radius 3 is 2.42 bits per heavy atom. The molecule has 0 unspecified atom stereocenters. The molecule has 8 heteroatoms. The number of aliphatic hydroxyl groups is 1. The van der Waals surface area contributed by atoms with Gasteiger partial charge in [0, 0.05) is 50.2 Å². The topological polar surface area (TPSA) is 99.5 Å². The minimum Gasteiger partial charge on any atom is -0.508 e. The second-order valence-corrected chi connectivity index (χ2v) is 11.3. The summed E-state index contributed by atoms with van der Waals surface area (Å²) in [7, 11) is 1.57. The first-order valence-corrected chi connectivity index (χ1v) is 13.7. The number of ether oxygens (including phenoxy) is 2. The summed E-state index contributed by atoms with van der Waals surface area (Å²) in [5, 5.41) is 22.3. The molecule has 0 spiro atoms. The fourth-order valence-electron chi connectivity index (χ4n) is 7.39. The smallest absolute Gasteiger partial charge is 0.233 e. The molecule has 2 N–H and O–H groups in total. The minimum atomic E-state index is -1.60. The normalized spacial score (nSPS) is 33.9. The van der Waals surface area contributed by atoms with Crippen molar-refractivity contribution in [3.63, 3.8) is 0 Å². The van der Waals surface area contributed by atoms with E-state index in [9.17, 15) is 19.8 Å². The van der Waals surface area contributed by atoms with E-state index in [4.69, 9.17) is 9.47 Å². The quantitative estimate of drug-likeness (QED) is 0.565. The molecular weight excluding hydrogens is 484 g/mol. The zero-order valence-corrected chi connectivity index (χ0v) is 21.7. The second-order valence-electron chi connectivity index (χ2n) is 11.3. The monoisotopic (exact) mass is 520 g/mol. The van der Waals surface area contributed by atoms with Gasteiger partial charge >= 0.3 is 0 Å². The summed E-state index contributed by atoms with van der Waals surface area (Å²) in [5.74, 6) is -3.91. The molecule has 0 radical (unpaired) electrons. The van der Waals surface area contributed by atoms with Crippen LogP contribution in [-0.2, 0) is 25.6 Å². The Hall–Kier alpha value is -2.78. The van der Waals surface area contributed by atoms with Crippen LogP contribution < -0.4 is 0 Å². The van der Waals surface area contributed by atoms with Crippen molar-refractivity contribution in [3.05, 3.63) is 65.7 Å². The number of piperidine rings is 1. The predicted octanol–water partition coefficient (Wildman–Crippen LogP) is 3.09. The van der Waals surface area contributed by atoms with Crippen LogP contribution in [0.1, 0.15) is 42.9 Å². The van der Waals surface area contributed by atoms with Crippen LogP contribution in [0, 0.1) is 23.7 Å². The Bertz CT molecular complexity index is 1180. The van der Waals surface area contributed by atoms with Gasteiger partial charge < -0.3 is 19.7 Å². The van der Waals surface area contributed by atoms with Crippen LogP contribution in [0.4, 0.5) is 0 Å². The molecule has 2 aromatic carbocycles. The zero-order chi connectivity index (χ0) is 26.4. The summed E-state index contributed by atoms with van der Waals surface area (Å²) in [4.78, 5) is 31.6. The number of carbonyl (C=O) groups excluding carboxylic acids is 2. The van der Waals surface area contributed by atoms with Crippen molar-refractivity contribution in [3.8, 4) is 5.75 Å². The zero-order valence-electron chi connectivity index (χ0n) is 21.7. The van der Waals surface area contributed by atoms with E-state index in [-0.39, 0.29) is 30.2 Å². The van der Waals surface area contributed by atoms with Gasteiger partial charge in [0.1, 0.15) is 5.75 Å². The lowest BCUT2D eigenvalue weighted by Crippen LogP contribution is -2.54. The molecule has 4 aliphatic rings. The summed E-state index contributed by atoms with van der Waals surface area (Å²) in [5.41, 5.74) is 1.84. The number of phenols is 1. The highest BCUT2D eigenvalue weighted by atomic mass is 16.6. The summed E-state index contributed by atoms with van der Waals surface area (Å²) in [6.07, 6.45) is 1.63. The summed E-state index contributed by atoms with van der Waals surface area (Å²) >= 11 is 0. The first-order valence-electron chi connectivity index (χ1n) is 13.7. The van der Waals surface area contributed by atoms with Crippen LogP contribution in [0.5, 0.6) is 5.75 Å². The van der Waals surface area contributed by atoms with Gasteiger partial charge in [-0.1, -0.05) is 48.5 Å². The molecule has 6 rings (SSSR count). The van der Waals surface area contributed by atoms with Crippen LogP contribution in [0.3, 0.4) is 0 Å². The second kappa shape index (κ2) is 10.1. The van der Waals surface area contributed by atoms with E-state index in [0.29, 0.717) is 18.4 Å². The van der Waals surface area contributed by atoms with Crippen LogP contribution in [0.2, 0.25) is 0 Å². The standard InChI is InChI=1S/C30H36N2O6/c1-37-18-20-15-23-27(24-16-26(38-30(20,24)36)22-9-5-6-10-25(22)33)29(35)32(28(23)34)21-11-13-31(14-12-21)17-19-7-3-2-4-8-19/h2-10,20-21,23-24,26-27,33,36H,11-18H2,1H3/t20-,23+,24+,26+,27+,30-/m1/s1. The minimum absolute atomic E-state index is 0.0947. The molecule has 202 valence electrons. The Morgan fingerprint density at radius 1 is 1.00 bits per heavy atom. The van der Waals surface area contributed by atoms with Crippen molar-refractivity contribution in [1.82, 2.24) is 9.80 Å². The number of fused-ring (bicyclic) bond motifs is 3. The average molecular weight is 521 g/mol. The maximum Gasteiger partial charge on any atom is 0.233 e. The summed E-state index contributed by atoms with van der Waals surface area (Å²) in [6, 6.07) is 17.1. The third-order valence-corrected chi connectivity index (χ3v) is 9.22. The Balaban J connectivity index is 1.21. The average Bonchev–Trinajstić information content (AvgIpc) is 3.40. The molecule has 3 saturated heterocycles. The lowest BCUT2D eigenvalue weighted by molar-refractivity contribution is -0.275. The Labute approximate surface area is 223 Å². The number of imide groups is 1. The fraction of sp³-hybridized carbons (Fsp3) is 0.533. The van der Waals surface area contributed by atoms with Crippen LogP contribution in [-0.4, -0.2) is 70.5 Å². The number of nitrogens with zero attached hydrogens (tertiary/aromatic N) is 2. The van der Waals surface area contributed by atoms with Gasteiger partial charge in [0.25, 0.3) is 0 Å². The van der Waals surface area contributed by atoms with E-state index < -0.39 is 35.6 Å². The molecule has 6 atom stereocenters. The van der Waals surface area contributed by atoms with Gasteiger partial charge in [0.15, 0.2) is 5.79 Å². The SMILES string of the molecule is COC[C@H]1C[C@@H]2C(=O)N(C3CCN(Cc4ccccc4)CC3)C(=O)[C@@H]2[C@@H]2C[C@@H](c3ccccc3O)O[C@]12O. The number of carbonyl (C=O) groups is 2. The highest BCUT2D eigenvalue weighted by molar-refractivity contribution is 6.06. The van der Waals surface area contributed by atoms with Crippen molar-refractivity contribution < 1.29 is 29.3 Å². The number of rotatable bonds is 6. The molecule has 2 amide bonds. The maximum atomic E-state index is 13.9. The third-order valence-electron chi connectivity index (χ3n) is 9.22. The van der Waals surface area contributed by atoms with Gasteiger partial charge in [-0.05, 0) is 37.3 Å². The molecule has 2 aromatic rings. The molecule has 38 heavy (non-hydrogen) atoms. The largest absolute Gasteiger partial charge is 0.508 e. The van der Waals surface area contributed by atoms with Crippen LogP contribution in [0.15, 0.2) is 54.6 Å². The molecule has 1 saturated carbocycles. The lowest BCUT2D eigenvalue weighted by atomic mass is 9.64. The van der Waals surface area contributed by atoms with Crippen molar-refractivity contribution in [2.75, 3.05) is 26.8 Å². The van der Waals surface area contributed by atoms with Gasteiger partial charge in [-0.2, -0.15) is 0 Å². The number of hydrogen-bond donors (Lipinski definition) is 2. The van der Waals surface area contributed by atoms with Crippen molar-refractivity contribution in [2.24, 2.45) is 23.7 Å². The summed E-state index contributed by atoms with van der Waals surface area (Å²) < 4.78 is 11.7. The van der Waals surface area contributed by atoms with Crippen LogP contribution >= 0.6 is 0 Å². The van der Waals surface area contributed by atoms with Crippen molar-refractivity contribution >= 4 is 11.8 Å². The molecule has 3 heterocycles. The first-order chi connectivity index (χ1) is 18.4. The maximum absolute atomic E-state index is 13.9. The molecule has 0 aromatic heterocycles. The number of amides is 2. The van der Waals surface area contributed by atoms with E-state index in [1.54, 1.807) is 25.3 Å². The number of para-hydroxylation sites is 1. The molecule has 4 fully saturated rings.